The van der Waals surface area contributed by atoms with E-state index in [1.165, 1.54) is 11.9 Å². The van der Waals surface area contributed by atoms with Crippen molar-refractivity contribution in [2.75, 3.05) is 27.2 Å². The number of piperidine rings is 1. The predicted octanol–water partition coefficient (Wildman–Crippen LogP) is 0.592. The number of carbonyl (C=O) groups is 3. The number of aryl methyl sites for hydroxylation is 2. The zero-order chi connectivity index (χ0) is 17.6. The number of urea groups is 1. The summed E-state index contributed by atoms with van der Waals surface area (Å²) in [5.74, 6) is 0.215. The molecule has 8 heteroatoms. The molecule has 1 spiro atoms. The minimum absolute atomic E-state index is 0.161. The highest BCUT2D eigenvalue weighted by Crippen LogP contribution is 2.35. The van der Waals surface area contributed by atoms with E-state index in [0.717, 1.165) is 10.6 Å². The molecule has 4 amide bonds. The van der Waals surface area contributed by atoms with Crippen LogP contribution in [-0.4, -0.2) is 75.2 Å². The smallest absolute Gasteiger partial charge is 0.327 e. The highest BCUT2D eigenvalue weighted by Gasteiger charge is 2.55. The van der Waals surface area contributed by atoms with E-state index in [0.29, 0.717) is 37.4 Å². The molecule has 0 bridgehead atoms. The first-order valence-corrected chi connectivity index (χ1v) is 7.94. The normalized spacial score (nSPS) is 20.2. The second-order valence-electron chi connectivity index (χ2n) is 6.47. The van der Waals surface area contributed by atoms with Gasteiger partial charge in [-0.2, -0.15) is 0 Å². The monoisotopic (exact) mass is 331 g/mol. The van der Waals surface area contributed by atoms with Crippen LogP contribution in [0.25, 0.3) is 0 Å². The Morgan fingerprint density at radius 1 is 1.12 bits per heavy atom. The van der Waals surface area contributed by atoms with Crippen molar-refractivity contribution in [1.29, 1.82) is 0 Å². The van der Waals surface area contributed by atoms with E-state index in [9.17, 15) is 14.4 Å². The number of likely N-dealkylation sites (N-methyl/N-ethyl adjacent to an activating group) is 2. The Bertz CT molecular complexity index is 704. The fraction of sp³-hybridized carbons (Fsp3) is 0.562. The molecule has 2 fully saturated rings. The van der Waals surface area contributed by atoms with E-state index in [2.05, 4.69) is 9.97 Å². The standard InChI is InChI=1S/C16H21N5O3/c1-10-9-12(18-11(2)17-10)13(22)21-7-5-16(6-8-21)14(23)19(3)15(24)20(16)4/h9H,5-8H2,1-4H3. The van der Waals surface area contributed by atoms with Crippen molar-refractivity contribution in [1.82, 2.24) is 24.7 Å². The van der Waals surface area contributed by atoms with Crippen molar-refractivity contribution < 1.29 is 14.4 Å². The highest BCUT2D eigenvalue weighted by atomic mass is 16.2. The lowest BCUT2D eigenvalue weighted by Gasteiger charge is -2.40. The third-order valence-corrected chi connectivity index (χ3v) is 4.98. The minimum atomic E-state index is -0.819. The van der Waals surface area contributed by atoms with Gasteiger partial charge >= 0.3 is 6.03 Å². The quantitative estimate of drug-likeness (QED) is 0.703. The molecule has 1 aromatic rings. The predicted molar refractivity (Wildman–Crippen MR) is 85.3 cm³/mol. The van der Waals surface area contributed by atoms with Crippen molar-refractivity contribution in [3.8, 4) is 0 Å². The van der Waals surface area contributed by atoms with Gasteiger partial charge in [0, 0.05) is 32.9 Å². The van der Waals surface area contributed by atoms with Crippen LogP contribution in [0.15, 0.2) is 6.07 Å². The number of aromatic nitrogens is 2. The summed E-state index contributed by atoms with van der Waals surface area (Å²) in [6, 6.07) is 1.38. The van der Waals surface area contributed by atoms with Crippen LogP contribution in [0.3, 0.4) is 0 Å². The van der Waals surface area contributed by atoms with Crippen LogP contribution in [0.2, 0.25) is 0 Å². The molecule has 0 aliphatic carbocycles. The molecular formula is C16H21N5O3. The average molecular weight is 331 g/mol. The molecule has 128 valence electrons. The van der Waals surface area contributed by atoms with Gasteiger partial charge in [0.1, 0.15) is 17.1 Å². The van der Waals surface area contributed by atoms with E-state index in [-0.39, 0.29) is 17.8 Å². The first kappa shape index (κ1) is 16.4. The Kier molecular flexibility index (Phi) is 3.77. The van der Waals surface area contributed by atoms with E-state index >= 15 is 0 Å². The molecule has 8 nitrogen and oxygen atoms in total. The molecule has 0 unspecified atom stereocenters. The van der Waals surface area contributed by atoms with Crippen LogP contribution >= 0.6 is 0 Å². The van der Waals surface area contributed by atoms with Crippen LogP contribution in [0.1, 0.15) is 34.8 Å². The van der Waals surface area contributed by atoms with E-state index in [1.54, 1.807) is 24.9 Å². The zero-order valence-corrected chi connectivity index (χ0v) is 14.4. The van der Waals surface area contributed by atoms with Crippen LogP contribution < -0.4 is 0 Å². The summed E-state index contributed by atoms with van der Waals surface area (Å²) in [7, 11) is 3.15. The number of likely N-dealkylation sites (tertiary alicyclic amines) is 1. The van der Waals surface area contributed by atoms with Crippen molar-refractivity contribution in [3.05, 3.63) is 23.3 Å². The number of hydrogen-bond donors (Lipinski definition) is 0. The van der Waals surface area contributed by atoms with Gasteiger partial charge in [-0.3, -0.25) is 14.5 Å². The number of hydrogen-bond acceptors (Lipinski definition) is 5. The topological polar surface area (TPSA) is 86.7 Å². The number of rotatable bonds is 1. The van der Waals surface area contributed by atoms with Crippen molar-refractivity contribution >= 4 is 17.8 Å². The number of nitrogens with zero attached hydrogens (tertiary/aromatic N) is 5. The second-order valence-corrected chi connectivity index (χ2v) is 6.47. The van der Waals surface area contributed by atoms with Crippen molar-refractivity contribution in [2.45, 2.75) is 32.2 Å². The Morgan fingerprint density at radius 2 is 1.75 bits per heavy atom. The molecule has 0 radical (unpaired) electrons. The molecule has 3 rings (SSSR count). The Balaban J connectivity index is 1.77. The van der Waals surface area contributed by atoms with Gasteiger partial charge in [0.2, 0.25) is 0 Å². The van der Waals surface area contributed by atoms with Crippen LogP contribution in [0.5, 0.6) is 0 Å². The maximum atomic E-state index is 12.7. The molecule has 0 N–H and O–H groups in total. The fourth-order valence-corrected chi connectivity index (χ4v) is 3.57. The molecule has 0 aromatic carbocycles. The van der Waals surface area contributed by atoms with Gasteiger partial charge in [-0.05, 0) is 32.8 Å². The molecular weight excluding hydrogens is 310 g/mol. The Hall–Kier alpha value is -2.51. The van der Waals surface area contributed by atoms with E-state index in [4.69, 9.17) is 0 Å². The largest absolute Gasteiger partial charge is 0.337 e. The maximum absolute atomic E-state index is 12.7. The molecule has 2 saturated heterocycles. The van der Waals surface area contributed by atoms with Crippen molar-refractivity contribution in [2.24, 2.45) is 0 Å². The SMILES string of the molecule is Cc1cc(C(=O)N2CCC3(CC2)C(=O)N(C)C(=O)N3C)nc(C)n1. The minimum Gasteiger partial charge on any atom is -0.337 e. The molecule has 0 saturated carbocycles. The number of amides is 4. The van der Waals surface area contributed by atoms with Gasteiger partial charge in [0.15, 0.2) is 0 Å². The third-order valence-electron chi connectivity index (χ3n) is 4.98. The molecule has 3 heterocycles. The van der Waals surface area contributed by atoms with Gasteiger partial charge in [0.25, 0.3) is 11.8 Å². The lowest BCUT2D eigenvalue weighted by molar-refractivity contribution is -0.134. The van der Waals surface area contributed by atoms with Crippen LogP contribution in [0, 0.1) is 13.8 Å². The van der Waals surface area contributed by atoms with Gasteiger partial charge < -0.3 is 9.80 Å². The molecule has 1 aromatic heterocycles. The van der Waals surface area contributed by atoms with Gasteiger partial charge in [-0.1, -0.05) is 0 Å². The lowest BCUT2D eigenvalue weighted by atomic mass is 9.86. The third kappa shape index (κ3) is 2.33. The Labute approximate surface area is 140 Å². The summed E-state index contributed by atoms with van der Waals surface area (Å²) in [6.07, 6.45) is 0.875. The molecule has 2 aliphatic heterocycles. The second kappa shape index (κ2) is 5.54. The summed E-state index contributed by atoms with van der Waals surface area (Å²) >= 11 is 0. The highest BCUT2D eigenvalue weighted by molar-refractivity contribution is 6.06. The summed E-state index contributed by atoms with van der Waals surface area (Å²) in [5, 5.41) is 0. The van der Waals surface area contributed by atoms with Gasteiger partial charge in [-0.15, -0.1) is 0 Å². The van der Waals surface area contributed by atoms with Gasteiger partial charge in [0.05, 0.1) is 0 Å². The summed E-state index contributed by atoms with van der Waals surface area (Å²) in [6.45, 7) is 4.41. The molecule has 2 aliphatic rings. The number of imide groups is 1. The maximum Gasteiger partial charge on any atom is 0.327 e. The lowest BCUT2D eigenvalue weighted by Crippen LogP contribution is -2.56. The summed E-state index contributed by atoms with van der Waals surface area (Å²) in [4.78, 5) is 49.9. The Morgan fingerprint density at radius 3 is 2.25 bits per heavy atom. The van der Waals surface area contributed by atoms with E-state index in [1.807, 2.05) is 6.92 Å². The molecule has 24 heavy (non-hydrogen) atoms. The van der Waals surface area contributed by atoms with Gasteiger partial charge in [-0.25, -0.2) is 14.8 Å². The van der Waals surface area contributed by atoms with Crippen LogP contribution in [0.4, 0.5) is 4.79 Å². The number of carbonyl (C=O) groups excluding carboxylic acids is 3. The molecule has 0 atom stereocenters. The average Bonchev–Trinajstić information content (AvgIpc) is 2.70. The van der Waals surface area contributed by atoms with E-state index < -0.39 is 5.54 Å². The zero-order valence-electron chi connectivity index (χ0n) is 14.4. The first-order chi connectivity index (χ1) is 11.3. The fourth-order valence-electron chi connectivity index (χ4n) is 3.57. The first-order valence-electron chi connectivity index (χ1n) is 7.94. The summed E-state index contributed by atoms with van der Waals surface area (Å²) in [5.41, 5.74) is 0.299. The van der Waals surface area contributed by atoms with Crippen molar-refractivity contribution in [3.63, 3.8) is 0 Å². The summed E-state index contributed by atoms with van der Waals surface area (Å²) < 4.78 is 0. The van der Waals surface area contributed by atoms with Crippen LogP contribution in [-0.2, 0) is 4.79 Å².